The summed E-state index contributed by atoms with van der Waals surface area (Å²) < 4.78 is 0. The Bertz CT molecular complexity index is 86.8. The number of nitrogens with two attached hydrogens (primary N) is 1. The van der Waals surface area contributed by atoms with Crippen LogP contribution in [0.15, 0.2) is 0 Å². The maximum absolute atomic E-state index is 5.41. The lowest BCUT2D eigenvalue weighted by Crippen LogP contribution is -2.14. The Balaban J connectivity index is -0.000000138. The van der Waals surface area contributed by atoms with E-state index in [1.54, 1.807) is 6.92 Å². The molecule has 0 radical (unpaired) electrons. The Kier molecular flexibility index (Phi) is 34.8. The highest BCUT2D eigenvalue weighted by Crippen LogP contribution is 1.79. The van der Waals surface area contributed by atoms with Crippen molar-refractivity contribution in [3.63, 3.8) is 0 Å². The van der Waals surface area contributed by atoms with E-state index in [1.807, 2.05) is 34.6 Å². The molecule has 0 spiro atoms. The molecule has 1 atom stereocenters. The molecule has 0 aromatic rings. The molecule has 0 bridgehead atoms. The van der Waals surface area contributed by atoms with Crippen LogP contribution in [0.3, 0.4) is 0 Å². The molecular formula is C10H23N. The van der Waals surface area contributed by atoms with E-state index in [4.69, 9.17) is 5.73 Å². The van der Waals surface area contributed by atoms with E-state index >= 15 is 0 Å². The molecule has 1 unspecified atom stereocenters. The lowest BCUT2D eigenvalue weighted by atomic mass is 10.2. The lowest BCUT2D eigenvalue weighted by Gasteiger charge is -1.92. The molecule has 0 aromatic heterocycles. The monoisotopic (exact) mass is 157 g/mol. The third-order valence-corrected chi connectivity index (χ3v) is 0.770. The van der Waals surface area contributed by atoms with Gasteiger partial charge >= 0.3 is 0 Å². The minimum absolute atomic E-state index is 0.0880. The summed E-state index contributed by atoms with van der Waals surface area (Å²) in [7, 11) is 0. The van der Waals surface area contributed by atoms with E-state index in [-0.39, 0.29) is 6.04 Å². The predicted octanol–water partition coefficient (Wildman–Crippen LogP) is 2.80. The average Bonchev–Trinajstić information content (AvgIpc) is 2.12. The number of hydrogen-bond acceptors (Lipinski definition) is 1. The van der Waals surface area contributed by atoms with Gasteiger partial charge in [-0.05, 0) is 13.3 Å². The van der Waals surface area contributed by atoms with Crippen LogP contribution >= 0.6 is 0 Å². The van der Waals surface area contributed by atoms with Gasteiger partial charge in [0.1, 0.15) is 0 Å². The molecule has 2 N–H and O–H groups in total. The van der Waals surface area contributed by atoms with Crippen molar-refractivity contribution in [2.75, 3.05) is 0 Å². The smallest absolute Gasteiger partial charge is 0.0661 e. The third kappa shape index (κ3) is 26.4. The average molecular weight is 157 g/mol. The third-order valence-electron chi connectivity index (χ3n) is 0.770. The molecule has 0 saturated heterocycles. The van der Waals surface area contributed by atoms with E-state index in [0.717, 1.165) is 6.42 Å². The summed E-state index contributed by atoms with van der Waals surface area (Å²) in [6.07, 6.45) is 0.945. The molecule has 0 saturated carbocycles. The Morgan fingerprint density at radius 1 is 1.18 bits per heavy atom. The number of hydrogen-bond donors (Lipinski definition) is 1. The zero-order valence-corrected chi connectivity index (χ0v) is 8.86. The van der Waals surface area contributed by atoms with Gasteiger partial charge in [0.15, 0.2) is 0 Å². The van der Waals surface area contributed by atoms with E-state index < -0.39 is 0 Å². The summed E-state index contributed by atoms with van der Waals surface area (Å²) >= 11 is 0. The van der Waals surface area contributed by atoms with Gasteiger partial charge in [-0.2, -0.15) is 0 Å². The molecule has 0 heterocycles. The number of rotatable bonds is 1. The van der Waals surface area contributed by atoms with Gasteiger partial charge in [0.05, 0.1) is 6.04 Å². The normalized spacial score (nSPS) is 8.64. The van der Waals surface area contributed by atoms with Gasteiger partial charge in [-0.3, -0.25) is 0 Å². The standard InChI is InChI=1S/C6H11N.2C2H6/c1-3-5-6(7)4-2;2*1-2/h6H,4,7H2,1-2H3;2*1-2H3. The van der Waals surface area contributed by atoms with E-state index in [0.29, 0.717) is 0 Å². The van der Waals surface area contributed by atoms with Crippen molar-refractivity contribution in [1.82, 2.24) is 0 Å². The minimum Gasteiger partial charge on any atom is -0.318 e. The van der Waals surface area contributed by atoms with Gasteiger partial charge < -0.3 is 5.73 Å². The van der Waals surface area contributed by atoms with Crippen LogP contribution in [0, 0.1) is 11.8 Å². The SMILES string of the molecule is CC.CC.CC#CC(N)CC. The van der Waals surface area contributed by atoms with Crippen LogP contribution in [-0.4, -0.2) is 6.04 Å². The van der Waals surface area contributed by atoms with E-state index in [2.05, 4.69) is 11.8 Å². The molecule has 0 fully saturated rings. The van der Waals surface area contributed by atoms with Crippen LogP contribution in [0.4, 0.5) is 0 Å². The second-order valence-corrected chi connectivity index (χ2v) is 1.41. The first-order chi connectivity index (χ1) is 5.31. The molecule has 0 aromatic carbocycles. The molecule has 0 aliphatic heterocycles. The second kappa shape index (κ2) is 22.7. The van der Waals surface area contributed by atoms with Crippen LogP contribution < -0.4 is 5.73 Å². The topological polar surface area (TPSA) is 26.0 Å². The summed E-state index contributed by atoms with van der Waals surface area (Å²) in [6.45, 7) is 11.8. The fourth-order valence-corrected chi connectivity index (χ4v) is 0.287. The highest BCUT2D eigenvalue weighted by Gasteiger charge is 1.85. The molecule has 11 heavy (non-hydrogen) atoms. The van der Waals surface area contributed by atoms with Gasteiger partial charge in [-0.1, -0.05) is 40.5 Å². The molecule has 1 nitrogen and oxygen atoms in total. The Morgan fingerprint density at radius 3 is 1.64 bits per heavy atom. The predicted molar refractivity (Wildman–Crippen MR) is 54.4 cm³/mol. The van der Waals surface area contributed by atoms with E-state index in [1.165, 1.54) is 0 Å². The van der Waals surface area contributed by atoms with Crippen LogP contribution in [0.1, 0.15) is 48.0 Å². The molecule has 0 aliphatic rings. The molecule has 0 aliphatic carbocycles. The van der Waals surface area contributed by atoms with Gasteiger partial charge in [0.2, 0.25) is 0 Å². The van der Waals surface area contributed by atoms with Crippen LogP contribution in [0.2, 0.25) is 0 Å². The van der Waals surface area contributed by atoms with Crippen molar-refractivity contribution in [3.05, 3.63) is 0 Å². The highest BCUT2D eigenvalue weighted by molar-refractivity contribution is 5.03. The van der Waals surface area contributed by atoms with Crippen LogP contribution in [-0.2, 0) is 0 Å². The largest absolute Gasteiger partial charge is 0.318 e. The maximum atomic E-state index is 5.41. The molecule has 68 valence electrons. The highest BCUT2D eigenvalue weighted by atomic mass is 14.6. The van der Waals surface area contributed by atoms with Crippen molar-refractivity contribution >= 4 is 0 Å². The van der Waals surface area contributed by atoms with Gasteiger partial charge in [-0.15, -0.1) is 5.92 Å². The van der Waals surface area contributed by atoms with Crippen molar-refractivity contribution in [1.29, 1.82) is 0 Å². The first kappa shape index (κ1) is 16.9. The first-order valence-electron chi connectivity index (χ1n) is 4.49. The maximum Gasteiger partial charge on any atom is 0.0661 e. The zero-order valence-electron chi connectivity index (χ0n) is 8.86. The van der Waals surface area contributed by atoms with Gasteiger partial charge in [0, 0.05) is 0 Å². The van der Waals surface area contributed by atoms with Gasteiger partial charge in [-0.25, -0.2) is 0 Å². The van der Waals surface area contributed by atoms with E-state index in [9.17, 15) is 0 Å². The summed E-state index contributed by atoms with van der Waals surface area (Å²) in [5, 5.41) is 0. The fraction of sp³-hybridized carbons (Fsp3) is 0.800. The van der Waals surface area contributed by atoms with Crippen molar-refractivity contribution in [2.45, 2.75) is 54.0 Å². The van der Waals surface area contributed by atoms with Crippen molar-refractivity contribution in [3.8, 4) is 11.8 Å². The second-order valence-electron chi connectivity index (χ2n) is 1.41. The summed E-state index contributed by atoms with van der Waals surface area (Å²) in [5.41, 5.74) is 5.41. The fourth-order valence-electron chi connectivity index (χ4n) is 0.287. The van der Waals surface area contributed by atoms with Crippen molar-refractivity contribution in [2.24, 2.45) is 5.73 Å². The van der Waals surface area contributed by atoms with Crippen molar-refractivity contribution < 1.29 is 0 Å². The minimum atomic E-state index is 0.0880. The molecule has 0 amide bonds. The quantitative estimate of drug-likeness (QED) is 0.582. The molecule has 1 heteroatoms. The summed E-state index contributed by atoms with van der Waals surface area (Å²) in [6, 6.07) is 0.0880. The molecule has 0 rings (SSSR count). The van der Waals surface area contributed by atoms with Crippen LogP contribution in [0.5, 0.6) is 0 Å². The Labute approximate surface area is 72.4 Å². The Hall–Kier alpha value is -0.480. The lowest BCUT2D eigenvalue weighted by molar-refractivity contribution is 0.805. The first-order valence-corrected chi connectivity index (χ1v) is 4.49. The summed E-state index contributed by atoms with van der Waals surface area (Å²) in [4.78, 5) is 0. The van der Waals surface area contributed by atoms with Gasteiger partial charge in [0.25, 0.3) is 0 Å². The summed E-state index contributed by atoms with van der Waals surface area (Å²) in [5.74, 6) is 5.57. The zero-order chi connectivity index (χ0) is 9.70. The van der Waals surface area contributed by atoms with Crippen LogP contribution in [0.25, 0.3) is 0 Å². The Morgan fingerprint density at radius 2 is 1.55 bits per heavy atom. The molecular weight excluding hydrogens is 134 g/mol.